The van der Waals surface area contributed by atoms with Crippen LogP contribution in [0.3, 0.4) is 0 Å². The van der Waals surface area contributed by atoms with Crippen molar-refractivity contribution in [3.05, 3.63) is 96.1 Å². The van der Waals surface area contributed by atoms with Gasteiger partial charge in [-0.25, -0.2) is 0 Å². The zero-order chi connectivity index (χ0) is 24.8. The molecule has 4 aromatic rings. The van der Waals surface area contributed by atoms with Crippen LogP contribution < -0.4 is 0 Å². The molecule has 4 aromatic carbocycles. The second-order valence-corrected chi connectivity index (χ2v) is 10.9. The summed E-state index contributed by atoms with van der Waals surface area (Å²) in [5.74, 6) is -0.854. The molecule has 2 saturated heterocycles. The average Bonchev–Trinajstić information content (AvgIpc) is 3.33. The van der Waals surface area contributed by atoms with Crippen LogP contribution in [0.4, 0.5) is 9.59 Å². The third-order valence-electron chi connectivity index (χ3n) is 6.61. The van der Waals surface area contributed by atoms with E-state index in [9.17, 15) is 19.2 Å². The summed E-state index contributed by atoms with van der Waals surface area (Å²) >= 11 is 1.67. The maximum Gasteiger partial charge on any atom is 0.289 e. The summed E-state index contributed by atoms with van der Waals surface area (Å²) in [7, 11) is 0. The Labute approximate surface area is 215 Å². The highest BCUT2D eigenvalue weighted by atomic mass is 32.2. The second-order valence-electron chi connectivity index (χ2n) is 8.73. The molecule has 6 nitrogen and oxygen atoms in total. The van der Waals surface area contributed by atoms with E-state index in [0.29, 0.717) is 0 Å². The Balaban J connectivity index is 1.22. The number of thioether (sulfide) groups is 2. The van der Waals surface area contributed by atoms with Crippen molar-refractivity contribution in [1.82, 2.24) is 9.80 Å². The van der Waals surface area contributed by atoms with E-state index < -0.39 is 32.8 Å². The fourth-order valence-corrected chi connectivity index (χ4v) is 7.07. The van der Waals surface area contributed by atoms with E-state index >= 15 is 0 Å². The molecule has 0 radical (unpaired) electrons. The molecule has 36 heavy (non-hydrogen) atoms. The van der Waals surface area contributed by atoms with E-state index in [1.54, 1.807) is 0 Å². The molecule has 0 unspecified atom stereocenters. The summed E-state index contributed by atoms with van der Waals surface area (Å²) in [6, 6.07) is 27.1. The molecule has 6 rings (SSSR count). The number of hydrogen-bond donors (Lipinski definition) is 0. The van der Waals surface area contributed by atoms with Crippen LogP contribution in [0.5, 0.6) is 0 Å². The minimum Gasteiger partial charge on any atom is -0.273 e. The highest BCUT2D eigenvalue weighted by Gasteiger charge is 2.52. The summed E-state index contributed by atoms with van der Waals surface area (Å²) in [4.78, 5) is 54.7. The van der Waals surface area contributed by atoms with Gasteiger partial charge in [0.2, 0.25) is 11.8 Å². The molecule has 2 aliphatic heterocycles. The van der Waals surface area contributed by atoms with Gasteiger partial charge < -0.3 is 0 Å². The molecule has 0 spiro atoms. The Bertz CT molecular complexity index is 1440. The molecule has 0 saturated carbocycles. The lowest BCUT2D eigenvalue weighted by Crippen LogP contribution is -2.40. The van der Waals surface area contributed by atoms with Gasteiger partial charge in [0, 0.05) is 0 Å². The molecule has 2 atom stereocenters. The number of benzene rings is 4. The van der Waals surface area contributed by atoms with Gasteiger partial charge in [-0.05, 0) is 56.2 Å². The highest BCUT2D eigenvalue weighted by molar-refractivity contribution is 8.19. The molecule has 8 heteroatoms. The minimum absolute atomic E-state index is 0.127. The summed E-state index contributed by atoms with van der Waals surface area (Å²) in [6.07, 6.45) is 0. The van der Waals surface area contributed by atoms with Crippen molar-refractivity contribution in [3.8, 4) is 0 Å². The molecule has 0 N–H and O–H groups in total. The van der Waals surface area contributed by atoms with Crippen molar-refractivity contribution in [2.24, 2.45) is 0 Å². The molecule has 0 bridgehead atoms. The van der Waals surface area contributed by atoms with E-state index in [-0.39, 0.29) is 13.1 Å². The zero-order valence-corrected chi connectivity index (χ0v) is 20.6. The summed E-state index contributed by atoms with van der Waals surface area (Å²) < 4.78 is 0. The predicted octanol–water partition coefficient (Wildman–Crippen LogP) is 5.82. The van der Waals surface area contributed by atoms with Gasteiger partial charge >= 0.3 is 0 Å². The number of imide groups is 2. The molecule has 0 aliphatic carbocycles. The first kappa shape index (κ1) is 22.8. The Kier molecular flexibility index (Phi) is 5.78. The lowest BCUT2D eigenvalue weighted by Gasteiger charge is -2.18. The molecule has 178 valence electrons. The van der Waals surface area contributed by atoms with Gasteiger partial charge in [0.1, 0.15) is 10.5 Å². The van der Waals surface area contributed by atoms with Gasteiger partial charge in [-0.3, -0.25) is 29.0 Å². The lowest BCUT2D eigenvalue weighted by molar-refractivity contribution is -0.132. The number of amides is 4. The smallest absolute Gasteiger partial charge is 0.273 e. The molecule has 4 amide bonds. The van der Waals surface area contributed by atoms with Crippen molar-refractivity contribution in [2.45, 2.75) is 23.6 Å². The van der Waals surface area contributed by atoms with Gasteiger partial charge in [-0.15, -0.1) is 0 Å². The molecular weight excluding hydrogens is 492 g/mol. The molecule has 2 heterocycles. The maximum absolute atomic E-state index is 13.3. The Morgan fingerprint density at radius 1 is 0.528 bits per heavy atom. The van der Waals surface area contributed by atoms with Gasteiger partial charge in [0.15, 0.2) is 0 Å². The summed E-state index contributed by atoms with van der Waals surface area (Å²) in [5, 5.41) is 1.34. The SMILES string of the molecule is O=C1S[C@@H]([C@@H]2SC(=O)N(Cc3cccc4ccccc34)C2=O)C(=O)N1Cc1cccc2ccccc12. The van der Waals surface area contributed by atoms with E-state index in [0.717, 1.165) is 56.2 Å². The topological polar surface area (TPSA) is 74.8 Å². The molecule has 0 aromatic heterocycles. The second kappa shape index (κ2) is 9.11. The highest BCUT2D eigenvalue weighted by Crippen LogP contribution is 2.41. The fraction of sp³-hybridized carbons (Fsp3) is 0.143. The van der Waals surface area contributed by atoms with E-state index in [2.05, 4.69) is 0 Å². The van der Waals surface area contributed by atoms with Crippen LogP contribution in [-0.4, -0.2) is 42.6 Å². The van der Waals surface area contributed by atoms with Crippen LogP contribution in [0.1, 0.15) is 11.1 Å². The average molecular weight is 513 g/mol. The first-order chi connectivity index (χ1) is 17.5. The van der Waals surface area contributed by atoms with Crippen LogP contribution >= 0.6 is 23.5 Å². The normalized spacial score (nSPS) is 20.3. The standard InChI is InChI=1S/C28H20N2O4S2/c31-25-23(35-27(33)29(25)15-19-11-5-9-17-7-1-3-13-21(17)19)24-26(32)30(28(34)36-24)16-20-12-6-10-18-8-2-4-14-22(18)20/h1-14,23-24H,15-16H2/t23-,24-/m0/s1. The van der Waals surface area contributed by atoms with Crippen LogP contribution in [0.25, 0.3) is 21.5 Å². The van der Waals surface area contributed by atoms with Crippen molar-refractivity contribution in [3.63, 3.8) is 0 Å². The van der Waals surface area contributed by atoms with E-state index in [4.69, 9.17) is 0 Å². The van der Waals surface area contributed by atoms with Crippen LogP contribution in [0.2, 0.25) is 0 Å². The quantitative estimate of drug-likeness (QED) is 0.335. The van der Waals surface area contributed by atoms with Gasteiger partial charge in [-0.1, -0.05) is 84.9 Å². The number of hydrogen-bond acceptors (Lipinski definition) is 6. The van der Waals surface area contributed by atoms with Crippen molar-refractivity contribution in [1.29, 1.82) is 0 Å². The van der Waals surface area contributed by atoms with Gasteiger partial charge in [-0.2, -0.15) is 0 Å². The summed E-state index contributed by atoms with van der Waals surface area (Å²) in [5.41, 5.74) is 1.71. The van der Waals surface area contributed by atoms with Crippen molar-refractivity contribution >= 4 is 67.4 Å². The Morgan fingerprint density at radius 2 is 0.917 bits per heavy atom. The predicted molar refractivity (Wildman–Crippen MR) is 143 cm³/mol. The monoisotopic (exact) mass is 512 g/mol. The zero-order valence-electron chi connectivity index (χ0n) is 19.0. The van der Waals surface area contributed by atoms with Crippen molar-refractivity contribution < 1.29 is 19.2 Å². The Morgan fingerprint density at radius 3 is 1.36 bits per heavy atom. The first-order valence-electron chi connectivity index (χ1n) is 11.5. The van der Waals surface area contributed by atoms with Crippen LogP contribution in [-0.2, 0) is 22.7 Å². The summed E-state index contributed by atoms with van der Waals surface area (Å²) in [6.45, 7) is 0.253. The number of fused-ring (bicyclic) bond motifs is 2. The van der Waals surface area contributed by atoms with E-state index in [1.807, 2.05) is 84.9 Å². The maximum atomic E-state index is 13.3. The van der Waals surface area contributed by atoms with Crippen LogP contribution in [0.15, 0.2) is 84.9 Å². The van der Waals surface area contributed by atoms with E-state index in [1.165, 1.54) is 9.80 Å². The molecule has 2 fully saturated rings. The van der Waals surface area contributed by atoms with Gasteiger partial charge in [0.25, 0.3) is 10.5 Å². The number of carbonyl (C=O) groups is 4. The lowest BCUT2D eigenvalue weighted by atomic mass is 10.0. The van der Waals surface area contributed by atoms with Gasteiger partial charge in [0.05, 0.1) is 13.1 Å². The molecular formula is C28H20N2O4S2. The minimum atomic E-state index is -0.925. The Hall–Kier alpha value is -3.62. The third-order valence-corrected chi connectivity index (χ3v) is 9.08. The fourth-order valence-electron chi connectivity index (χ4n) is 4.80. The van der Waals surface area contributed by atoms with Crippen molar-refractivity contribution in [2.75, 3.05) is 0 Å². The van der Waals surface area contributed by atoms with Crippen LogP contribution in [0, 0.1) is 0 Å². The number of nitrogens with zero attached hydrogens (tertiary/aromatic N) is 2. The number of rotatable bonds is 5. The third kappa shape index (κ3) is 3.86. The largest absolute Gasteiger partial charge is 0.289 e. The number of carbonyl (C=O) groups excluding carboxylic acids is 4. The first-order valence-corrected chi connectivity index (χ1v) is 13.2. The molecule has 2 aliphatic rings.